The van der Waals surface area contributed by atoms with Crippen molar-refractivity contribution in [1.82, 2.24) is 19.6 Å². The molecule has 0 aliphatic carbocycles. The molecular formula is C11H14N4O2. The van der Waals surface area contributed by atoms with Crippen LogP contribution in [0, 0.1) is 0 Å². The van der Waals surface area contributed by atoms with Gasteiger partial charge in [0.25, 0.3) is 0 Å². The predicted molar refractivity (Wildman–Crippen MR) is 59.9 cm³/mol. The summed E-state index contributed by atoms with van der Waals surface area (Å²) in [5.74, 6) is 0.00556. The van der Waals surface area contributed by atoms with Crippen LogP contribution in [0.1, 0.15) is 18.7 Å². The summed E-state index contributed by atoms with van der Waals surface area (Å²) in [5, 5.41) is 3.77. The number of rotatable bonds is 4. The fourth-order valence-corrected chi connectivity index (χ4v) is 1.59. The van der Waals surface area contributed by atoms with E-state index in [2.05, 4.69) is 10.1 Å². The number of hydrogen-bond acceptors (Lipinski definition) is 4. The SMILES string of the molecule is C[C@@H](C(=O)N(C)Cc1ccon1)n1ccnc1. The average molecular weight is 234 g/mol. The first-order valence-corrected chi connectivity index (χ1v) is 5.30. The van der Waals surface area contributed by atoms with Crippen LogP contribution in [-0.4, -0.2) is 32.6 Å². The van der Waals surface area contributed by atoms with Crippen LogP contribution >= 0.6 is 0 Å². The summed E-state index contributed by atoms with van der Waals surface area (Å²) in [4.78, 5) is 17.6. The van der Waals surface area contributed by atoms with Gasteiger partial charge in [0.2, 0.25) is 5.91 Å². The van der Waals surface area contributed by atoms with E-state index in [9.17, 15) is 4.79 Å². The highest BCUT2D eigenvalue weighted by atomic mass is 16.5. The molecule has 90 valence electrons. The van der Waals surface area contributed by atoms with Gasteiger partial charge in [-0.2, -0.15) is 0 Å². The molecule has 0 saturated carbocycles. The molecule has 2 aromatic heterocycles. The Labute approximate surface area is 98.8 Å². The molecule has 1 atom stereocenters. The van der Waals surface area contributed by atoms with Crippen molar-refractivity contribution in [3.05, 3.63) is 36.7 Å². The topological polar surface area (TPSA) is 64.2 Å². The Morgan fingerprint density at radius 1 is 1.65 bits per heavy atom. The van der Waals surface area contributed by atoms with E-state index in [-0.39, 0.29) is 11.9 Å². The van der Waals surface area contributed by atoms with Gasteiger partial charge in [-0.05, 0) is 6.92 Å². The molecule has 6 heteroatoms. The van der Waals surface area contributed by atoms with Gasteiger partial charge < -0.3 is 14.0 Å². The van der Waals surface area contributed by atoms with E-state index in [4.69, 9.17) is 4.52 Å². The number of amides is 1. The second kappa shape index (κ2) is 4.82. The Hall–Kier alpha value is -2.11. The van der Waals surface area contributed by atoms with Crippen molar-refractivity contribution in [1.29, 1.82) is 0 Å². The lowest BCUT2D eigenvalue weighted by atomic mass is 10.3. The summed E-state index contributed by atoms with van der Waals surface area (Å²) in [6, 6.07) is 1.47. The van der Waals surface area contributed by atoms with E-state index in [0.29, 0.717) is 6.54 Å². The van der Waals surface area contributed by atoms with Crippen molar-refractivity contribution in [2.45, 2.75) is 19.5 Å². The normalized spacial score (nSPS) is 12.4. The molecule has 2 heterocycles. The van der Waals surface area contributed by atoms with Crippen molar-refractivity contribution in [3.63, 3.8) is 0 Å². The highest BCUT2D eigenvalue weighted by Gasteiger charge is 2.19. The predicted octanol–water partition coefficient (Wildman–Crippen LogP) is 1.09. The molecule has 0 fully saturated rings. The van der Waals surface area contributed by atoms with Crippen molar-refractivity contribution < 1.29 is 9.32 Å². The van der Waals surface area contributed by atoms with Crippen molar-refractivity contribution in [2.24, 2.45) is 0 Å². The number of likely N-dealkylation sites (N-methyl/N-ethyl adjacent to an activating group) is 1. The van der Waals surface area contributed by atoms with Gasteiger partial charge in [-0.15, -0.1) is 0 Å². The first kappa shape index (κ1) is 11.4. The van der Waals surface area contributed by atoms with E-state index in [0.717, 1.165) is 5.69 Å². The van der Waals surface area contributed by atoms with Crippen LogP contribution in [0.3, 0.4) is 0 Å². The maximum atomic E-state index is 12.1. The third-order valence-electron chi connectivity index (χ3n) is 2.60. The summed E-state index contributed by atoms with van der Waals surface area (Å²) in [6.07, 6.45) is 6.55. The number of aromatic nitrogens is 3. The van der Waals surface area contributed by atoms with Gasteiger partial charge in [0, 0.05) is 25.5 Å². The summed E-state index contributed by atoms with van der Waals surface area (Å²) in [7, 11) is 1.74. The molecule has 6 nitrogen and oxygen atoms in total. The molecule has 17 heavy (non-hydrogen) atoms. The Bertz CT molecular complexity index is 464. The first-order valence-electron chi connectivity index (χ1n) is 5.30. The lowest BCUT2D eigenvalue weighted by Crippen LogP contribution is -2.32. The third kappa shape index (κ3) is 2.52. The molecular weight excluding hydrogens is 220 g/mol. The number of nitrogens with zero attached hydrogens (tertiary/aromatic N) is 4. The highest BCUT2D eigenvalue weighted by Crippen LogP contribution is 2.10. The van der Waals surface area contributed by atoms with Crippen LogP contribution in [0.25, 0.3) is 0 Å². The fraction of sp³-hybridized carbons (Fsp3) is 0.364. The largest absolute Gasteiger partial charge is 0.364 e. The van der Waals surface area contributed by atoms with Crippen molar-refractivity contribution in [3.8, 4) is 0 Å². The number of hydrogen-bond donors (Lipinski definition) is 0. The summed E-state index contributed by atoms with van der Waals surface area (Å²) >= 11 is 0. The van der Waals surface area contributed by atoms with Gasteiger partial charge >= 0.3 is 0 Å². The Morgan fingerprint density at radius 3 is 3.06 bits per heavy atom. The minimum Gasteiger partial charge on any atom is -0.364 e. The molecule has 2 rings (SSSR count). The van der Waals surface area contributed by atoms with Gasteiger partial charge in [0.15, 0.2) is 0 Å². The minimum absolute atomic E-state index is 0.00556. The smallest absolute Gasteiger partial charge is 0.245 e. The molecule has 2 aromatic rings. The van der Waals surface area contributed by atoms with E-state index >= 15 is 0 Å². The van der Waals surface area contributed by atoms with Crippen molar-refractivity contribution in [2.75, 3.05) is 7.05 Å². The van der Waals surface area contributed by atoms with E-state index in [1.807, 2.05) is 6.92 Å². The molecule has 0 bridgehead atoms. The summed E-state index contributed by atoms with van der Waals surface area (Å²) in [6.45, 7) is 2.28. The zero-order valence-electron chi connectivity index (χ0n) is 9.78. The summed E-state index contributed by atoms with van der Waals surface area (Å²) in [5.41, 5.74) is 0.735. The van der Waals surface area contributed by atoms with Gasteiger partial charge in [-0.1, -0.05) is 5.16 Å². The Kier molecular flexibility index (Phi) is 3.22. The quantitative estimate of drug-likeness (QED) is 0.794. The molecule has 1 amide bonds. The zero-order valence-corrected chi connectivity index (χ0v) is 9.78. The third-order valence-corrected chi connectivity index (χ3v) is 2.60. The lowest BCUT2D eigenvalue weighted by molar-refractivity contribution is -0.133. The average Bonchev–Trinajstić information content (AvgIpc) is 2.99. The molecule has 0 radical (unpaired) electrons. The second-order valence-electron chi connectivity index (χ2n) is 3.87. The van der Waals surface area contributed by atoms with Gasteiger partial charge in [-0.25, -0.2) is 4.98 Å². The first-order chi connectivity index (χ1) is 8.18. The van der Waals surface area contributed by atoms with Crippen LogP contribution in [0.4, 0.5) is 0 Å². The highest BCUT2D eigenvalue weighted by molar-refractivity contribution is 5.79. The van der Waals surface area contributed by atoms with Crippen LogP contribution in [-0.2, 0) is 11.3 Å². The van der Waals surface area contributed by atoms with Crippen LogP contribution in [0.2, 0.25) is 0 Å². The number of carbonyl (C=O) groups is 1. The second-order valence-corrected chi connectivity index (χ2v) is 3.87. The molecule has 0 aliphatic rings. The lowest BCUT2D eigenvalue weighted by Gasteiger charge is -2.20. The van der Waals surface area contributed by atoms with E-state index in [1.54, 1.807) is 41.3 Å². The van der Waals surface area contributed by atoms with Gasteiger partial charge in [0.1, 0.15) is 18.0 Å². The minimum atomic E-state index is -0.269. The maximum absolute atomic E-state index is 12.1. The number of carbonyl (C=O) groups excluding carboxylic acids is 1. The standard InChI is InChI=1S/C11H14N4O2/c1-9(15-5-4-12-8-15)11(16)14(2)7-10-3-6-17-13-10/h3-6,8-9H,7H2,1-2H3/t9-/m0/s1. The molecule has 0 N–H and O–H groups in total. The van der Waals surface area contributed by atoms with Crippen LogP contribution in [0.5, 0.6) is 0 Å². The van der Waals surface area contributed by atoms with Crippen LogP contribution in [0.15, 0.2) is 35.6 Å². The number of imidazole rings is 1. The maximum Gasteiger partial charge on any atom is 0.245 e. The van der Waals surface area contributed by atoms with Gasteiger partial charge in [-0.3, -0.25) is 4.79 Å². The van der Waals surface area contributed by atoms with Crippen LogP contribution < -0.4 is 0 Å². The van der Waals surface area contributed by atoms with Crippen molar-refractivity contribution >= 4 is 5.91 Å². The zero-order chi connectivity index (χ0) is 12.3. The van der Waals surface area contributed by atoms with Gasteiger partial charge in [0.05, 0.1) is 12.9 Å². The molecule has 0 aromatic carbocycles. The van der Waals surface area contributed by atoms with E-state index < -0.39 is 0 Å². The Balaban J connectivity index is 2.00. The molecule has 0 unspecified atom stereocenters. The molecule has 0 aliphatic heterocycles. The molecule has 0 saturated heterocycles. The Morgan fingerprint density at radius 2 is 2.47 bits per heavy atom. The van der Waals surface area contributed by atoms with E-state index in [1.165, 1.54) is 6.26 Å². The fourth-order valence-electron chi connectivity index (χ4n) is 1.59. The molecule has 0 spiro atoms. The monoisotopic (exact) mass is 234 g/mol. The summed E-state index contributed by atoms with van der Waals surface area (Å²) < 4.78 is 6.49.